The molecule has 2 N–H and O–H groups in total. The van der Waals surface area contributed by atoms with E-state index in [-0.39, 0.29) is 0 Å². The van der Waals surface area contributed by atoms with Crippen LogP contribution in [0.5, 0.6) is 0 Å². The molecule has 1 aliphatic heterocycles. The Hall–Kier alpha value is -0.810. The number of hydrogen-bond acceptors (Lipinski definition) is 3. The van der Waals surface area contributed by atoms with Crippen molar-refractivity contribution in [1.82, 2.24) is 15.5 Å². The number of nitrogens with zero attached hydrogens (tertiary/aromatic N) is 2. The Bertz CT molecular complexity index is 283. The molecular weight excluding hydrogens is 252 g/mol. The second-order valence-corrected chi connectivity index (χ2v) is 5.67. The minimum Gasteiger partial charge on any atom is -0.380 e. The highest BCUT2D eigenvalue weighted by Gasteiger charge is 2.20. The smallest absolute Gasteiger partial charge is 0.191 e. The van der Waals surface area contributed by atoms with E-state index in [2.05, 4.69) is 34.4 Å². The van der Waals surface area contributed by atoms with Crippen LogP contribution in [0.1, 0.15) is 33.6 Å². The third kappa shape index (κ3) is 6.57. The maximum atomic E-state index is 5.31. The molecule has 1 rings (SSSR count). The van der Waals surface area contributed by atoms with E-state index in [1.54, 1.807) is 0 Å². The average molecular weight is 284 g/mol. The van der Waals surface area contributed by atoms with Crippen molar-refractivity contribution in [3.05, 3.63) is 0 Å². The molecule has 5 nitrogen and oxygen atoms in total. The molecule has 20 heavy (non-hydrogen) atoms. The molecule has 0 radical (unpaired) electrons. The van der Waals surface area contributed by atoms with Crippen molar-refractivity contribution >= 4 is 5.96 Å². The molecule has 0 aromatic rings. The first-order valence-corrected chi connectivity index (χ1v) is 7.93. The van der Waals surface area contributed by atoms with E-state index in [4.69, 9.17) is 4.74 Å². The highest BCUT2D eigenvalue weighted by molar-refractivity contribution is 5.79. The number of ether oxygens (including phenoxy) is 1. The van der Waals surface area contributed by atoms with E-state index in [9.17, 15) is 0 Å². The van der Waals surface area contributed by atoms with Crippen LogP contribution in [0, 0.1) is 5.92 Å². The van der Waals surface area contributed by atoms with E-state index in [1.165, 1.54) is 25.9 Å². The van der Waals surface area contributed by atoms with Crippen LogP contribution in [0.2, 0.25) is 0 Å². The maximum Gasteiger partial charge on any atom is 0.191 e. The van der Waals surface area contributed by atoms with Crippen LogP contribution in [0.4, 0.5) is 0 Å². The predicted molar refractivity (Wildman–Crippen MR) is 85.3 cm³/mol. The summed E-state index contributed by atoms with van der Waals surface area (Å²) >= 11 is 0. The lowest BCUT2D eigenvalue weighted by atomic mass is 9.99. The lowest BCUT2D eigenvalue weighted by Gasteiger charge is -2.35. The van der Waals surface area contributed by atoms with Crippen molar-refractivity contribution in [2.75, 3.05) is 46.4 Å². The Morgan fingerprint density at radius 1 is 1.45 bits per heavy atom. The normalized spacial score (nSPS) is 22.6. The van der Waals surface area contributed by atoms with E-state index >= 15 is 0 Å². The largest absolute Gasteiger partial charge is 0.380 e. The SMILES string of the molecule is CCOCCNC(=NC)NCC(C)N1CCCC(C)C1. The van der Waals surface area contributed by atoms with Gasteiger partial charge in [-0.05, 0) is 39.2 Å². The molecule has 1 fully saturated rings. The summed E-state index contributed by atoms with van der Waals surface area (Å²) in [5, 5.41) is 6.67. The fraction of sp³-hybridized carbons (Fsp3) is 0.933. The third-order valence-electron chi connectivity index (χ3n) is 3.84. The van der Waals surface area contributed by atoms with Gasteiger partial charge in [-0.3, -0.25) is 9.89 Å². The summed E-state index contributed by atoms with van der Waals surface area (Å²) in [4.78, 5) is 6.82. The van der Waals surface area contributed by atoms with Crippen LogP contribution in [0.25, 0.3) is 0 Å². The van der Waals surface area contributed by atoms with Crippen LogP contribution in [0.3, 0.4) is 0 Å². The van der Waals surface area contributed by atoms with Gasteiger partial charge in [0.2, 0.25) is 0 Å². The summed E-state index contributed by atoms with van der Waals surface area (Å²) in [6, 6.07) is 0.545. The number of hydrogen-bond donors (Lipinski definition) is 2. The minimum absolute atomic E-state index is 0.545. The fourth-order valence-electron chi connectivity index (χ4n) is 2.61. The predicted octanol–water partition coefficient (Wildman–Crippen LogP) is 1.31. The quantitative estimate of drug-likeness (QED) is 0.420. The van der Waals surface area contributed by atoms with Crippen LogP contribution in [0.15, 0.2) is 4.99 Å². The average Bonchev–Trinajstić information content (AvgIpc) is 2.46. The Balaban J connectivity index is 2.22. The molecule has 0 amide bonds. The number of aliphatic imine (C=N–C) groups is 1. The van der Waals surface area contributed by atoms with E-state index in [0.29, 0.717) is 6.04 Å². The third-order valence-corrected chi connectivity index (χ3v) is 3.84. The van der Waals surface area contributed by atoms with Crippen molar-refractivity contribution in [2.45, 2.75) is 39.7 Å². The molecule has 0 saturated carbocycles. The zero-order valence-electron chi connectivity index (χ0n) is 13.6. The van der Waals surface area contributed by atoms with Gasteiger partial charge in [-0.25, -0.2) is 0 Å². The van der Waals surface area contributed by atoms with Crippen molar-refractivity contribution in [3.8, 4) is 0 Å². The van der Waals surface area contributed by atoms with Crippen molar-refractivity contribution < 1.29 is 4.74 Å². The van der Waals surface area contributed by atoms with Gasteiger partial charge >= 0.3 is 0 Å². The highest BCUT2D eigenvalue weighted by atomic mass is 16.5. The number of rotatable bonds is 7. The standard InChI is InChI=1S/C15H32N4O/c1-5-20-10-8-17-15(16-4)18-11-14(3)19-9-6-7-13(2)12-19/h13-14H,5-12H2,1-4H3,(H2,16,17,18). The van der Waals surface area contributed by atoms with Gasteiger partial charge in [0.25, 0.3) is 0 Å². The summed E-state index contributed by atoms with van der Waals surface area (Å²) in [6.45, 7) is 12.3. The molecule has 0 aliphatic carbocycles. The van der Waals surface area contributed by atoms with Gasteiger partial charge in [0.15, 0.2) is 5.96 Å². The number of likely N-dealkylation sites (tertiary alicyclic amines) is 1. The minimum atomic E-state index is 0.545. The first-order valence-electron chi connectivity index (χ1n) is 7.93. The summed E-state index contributed by atoms with van der Waals surface area (Å²) in [5.74, 6) is 1.69. The highest BCUT2D eigenvalue weighted by Crippen LogP contribution is 2.17. The molecule has 1 saturated heterocycles. The monoisotopic (exact) mass is 284 g/mol. The summed E-state index contributed by atoms with van der Waals surface area (Å²) < 4.78 is 5.31. The number of nitrogens with one attached hydrogen (secondary N) is 2. The lowest BCUT2D eigenvalue weighted by molar-refractivity contribution is 0.139. The molecule has 0 bridgehead atoms. The molecule has 118 valence electrons. The van der Waals surface area contributed by atoms with Crippen LogP contribution >= 0.6 is 0 Å². The van der Waals surface area contributed by atoms with Crippen LogP contribution in [-0.2, 0) is 4.74 Å². The Morgan fingerprint density at radius 3 is 2.90 bits per heavy atom. The fourth-order valence-corrected chi connectivity index (χ4v) is 2.61. The van der Waals surface area contributed by atoms with Crippen molar-refractivity contribution in [3.63, 3.8) is 0 Å². The topological polar surface area (TPSA) is 48.9 Å². The zero-order valence-corrected chi connectivity index (χ0v) is 13.6. The van der Waals surface area contributed by atoms with Gasteiger partial charge in [-0.2, -0.15) is 0 Å². The molecule has 2 unspecified atom stereocenters. The van der Waals surface area contributed by atoms with Gasteiger partial charge in [-0.1, -0.05) is 6.92 Å². The van der Waals surface area contributed by atoms with E-state index in [1.807, 2.05) is 14.0 Å². The van der Waals surface area contributed by atoms with Crippen LogP contribution in [-0.4, -0.2) is 63.3 Å². The molecule has 5 heteroatoms. The van der Waals surface area contributed by atoms with Gasteiger partial charge < -0.3 is 15.4 Å². The van der Waals surface area contributed by atoms with Gasteiger partial charge in [0.1, 0.15) is 0 Å². The van der Waals surface area contributed by atoms with Gasteiger partial charge in [0.05, 0.1) is 6.61 Å². The second kappa shape index (κ2) is 10.00. The molecule has 1 heterocycles. The number of piperidine rings is 1. The summed E-state index contributed by atoms with van der Waals surface area (Å²) in [5.41, 5.74) is 0. The zero-order chi connectivity index (χ0) is 14.8. The van der Waals surface area contributed by atoms with E-state index in [0.717, 1.165) is 38.2 Å². The molecule has 2 atom stereocenters. The molecule has 0 aromatic carbocycles. The Morgan fingerprint density at radius 2 is 2.25 bits per heavy atom. The molecular formula is C15H32N4O. The summed E-state index contributed by atoms with van der Waals surface area (Å²) in [6.07, 6.45) is 2.70. The maximum absolute atomic E-state index is 5.31. The van der Waals surface area contributed by atoms with Crippen LogP contribution < -0.4 is 10.6 Å². The lowest BCUT2D eigenvalue weighted by Crippen LogP contribution is -2.48. The van der Waals surface area contributed by atoms with Crippen molar-refractivity contribution in [2.24, 2.45) is 10.9 Å². The second-order valence-electron chi connectivity index (χ2n) is 5.67. The first kappa shape index (κ1) is 17.2. The molecule has 0 aromatic heterocycles. The van der Waals surface area contributed by atoms with Gasteiger partial charge in [-0.15, -0.1) is 0 Å². The van der Waals surface area contributed by atoms with E-state index < -0.39 is 0 Å². The van der Waals surface area contributed by atoms with Crippen molar-refractivity contribution in [1.29, 1.82) is 0 Å². The Labute approximate surface area is 124 Å². The molecule has 0 spiro atoms. The summed E-state index contributed by atoms with van der Waals surface area (Å²) in [7, 11) is 1.81. The first-order chi connectivity index (χ1) is 9.67. The molecule has 1 aliphatic rings. The van der Waals surface area contributed by atoms with Gasteiger partial charge in [0, 0.05) is 39.3 Å². The Kier molecular flexibility index (Phi) is 8.62. The number of guanidine groups is 1.